The van der Waals surface area contributed by atoms with Crippen molar-refractivity contribution in [1.82, 2.24) is 0 Å². The maximum Gasteiger partial charge on any atom is 0.266 e. The largest absolute Gasteiger partial charge is 0.489 e. The summed E-state index contributed by atoms with van der Waals surface area (Å²) in [4.78, 5) is 12.3. The molecule has 0 aliphatic rings. The second kappa shape index (κ2) is 9.79. The van der Waals surface area contributed by atoms with Crippen molar-refractivity contribution < 1.29 is 9.53 Å². The van der Waals surface area contributed by atoms with Crippen molar-refractivity contribution in [1.29, 1.82) is 5.26 Å². The summed E-state index contributed by atoms with van der Waals surface area (Å²) in [5, 5.41) is 13.2. The van der Waals surface area contributed by atoms with Crippen LogP contribution >= 0.6 is 23.2 Å². The molecule has 0 aromatic heterocycles. The predicted molar refractivity (Wildman–Crippen MR) is 116 cm³/mol. The number of rotatable bonds is 6. The maximum atomic E-state index is 12.3. The zero-order chi connectivity index (χ0) is 20.6. The first-order chi connectivity index (χ1) is 14.0. The molecule has 0 heterocycles. The van der Waals surface area contributed by atoms with Crippen molar-refractivity contribution in [2.24, 2.45) is 0 Å². The summed E-state index contributed by atoms with van der Waals surface area (Å²) in [6, 6.07) is 23.2. The summed E-state index contributed by atoms with van der Waals surface area (Å²) in [5.74, 6) is 0.167. The highest BCUT2D eigenvalue weighted by molar-refractivity contribution is 6.31. The Kier molecular flexibility index (Phi) is 6.91. The molecule has 6 heteroatoms. The van der Waals surface area contributed by atoms with Crippen LogP contribution in [-0.4, -0.2) is 5.91 Å². The van der Waals surface area contributed by atoms with E-state index in [-0.39, 0.29) is 5.57 Å². The van der Waals surface area contributed by atoms with Crippen LogP contribution < -0.4 is 10.1 Å². The molecule has 0 fully saturated rings. The van der Waals surface area contributed by atoms with Gasteiger partial charge in [-0.25, -0.2) is 0 Å². The van der Waals surface area contributed by atoms with E-state index in [4.69, 9.17) is 27.9 Å². The number of ether oxygens (including phenoxy) is 1. The van der Waals surface area contributed by atoms with Gasteiger partial charge in [-0.2, -0.15) is 5.26 Å². The van der Waals surface area contributed by atoms with Gasteiger partial charge in [0.25, 0.3) is 5.91 Å². The highest BCUT2D eigenvalue weighted by Gasteiger charge is 2.10. The summed E-state index contributed by atoms with van der Waals surface area (Å²) >= 11 is 11.9. The average Bonchev–Trinajstić information content (AvgIpc) is 2.71. The number of nitrogens with zero attached hydrogens (tertiary/aromatic N) is 1. The molecule has 0 unspecified atom stereocenters. The van der Waals surface area contributed by atoms with Crippen LogP contribution in [0.3, 0.4) is 0 Å². The molecule has 3 aromatic rings. The number of hydrogen-bond donors (Lipinski definition) is 1. The van der Waals surface area contributed by atoms with Crippen LogP contribution in [0.4, 0.5) is 5.69 Å². The van der Waals surface area contributed by atoms with Gasteiger partial charge in [-0.05, 0) is 59.7 Å². The average molecular weight is 423 g/mol. The van der Waals surface area contributed by atoms with Gasteiger partial charge < -0.3 is 10.1 Å². The molecule has 1 N–H and O–H groups in total. The molecule has 3 rings (SSSR count). The molecule has 0 saturated heterocycles. The van der Waals surface area contributed by atoms with Crippen molar-refractivity contribution in [3.63, 3.8) is 0 Å². The van der Waals surface area contributed by atoms with Gasteiger partial charge in [-0.3, -0.25) is 4.79 Å². The maximum absolute atomic E-state index is 12.3. The molecular weight excluding hydrogens is 407 g/mol. The second-order valence-electron chi connectivity index (χ2n) is 6.12. The van der Waals surface area contributed by atoms with Crippen molar-refractivity contribution in [3.05, 3.63) is 99.5 Å². The zero-order valence-electron chi connectivity index (χ0n) is 15.2. The number of amides is 1. The van der Waals surface area contributed by atoms with Gasteiger partial charge in [0.1, 0.15) is 24.0 Å². The molecule has 0 aliphatic carbocycles. The van der Waals surface area contributed by atoms with E-state index in [1.165, 1.54) is 6.08 Å². The fraction of sp³-hybridized carbons (Fsp3) is 0.0435. The smallest absolute Gasteiger partial charge is 0.266 e. The molecule has 4 nitrogen and oxygen atoms in total. The van der Waals surface area contributed by atoms with E-state index < -0.39 is 5.91 Å². The Hall–Kier alpha value is -3.26. The van der Waals surface area contributed by atoms with E-state index in [0.717, 1.165) is 5.56 Å². The van der Waals surface area contributed by atoms with Crippen molar-refractivity contribution in [3.8, 4) is 11.8 Å². The summed E-state index contributed by atoms with van der Waals surface area (Å²) in [6.07, 6.45) is 1.51. The van der Waals surface area contributed by atoms with Crippen molar-refractivity contribution in [2.75, 3.05) is 5.32 Å². The van der Waals surface area contributed by atoms with E-state index in [1.807, 2.05) is 30.3 Å². The number of nitriles is 1. The Morgan fingerprint density at radius 1 is 1.00 bits per heavy atom. The quantitative estimate of drug-likeness (QED) is 0.384. The zero-order valence-corrected chi connectivity index (χ0v) is 16.7. The molecule has 144 valence electrons. The van der Waals surface area contributed by atoms with Crippen LogP contribution in [0.15, 0.2) is 78.4 Å². The molecule has 29 heavy (non-hydrogen) atoms. The Bertz CT molecular complexity index is 1090. The third kappa shape index (κ3) is 6.11. The molecule has 0 atom stereocenters. The number of carbonyl (C=O) groups is 1. The Balaban J connectivity index is 1.65. The van der Waals surface area contributed by atoms with Crippen molar-refractivity contribution in [2.45, 2.75) is 6.61 Å². The van der Waals surface area contributed by atoms with E-state index in [9.17, 15) is 10.1 Å². The minimum Gasteiger partial charge on any atom is -0.489 e. The van der Waals surface area contributed by atoms with Gasteiger partial charge >= 0.3 is 0 Å². The van der Waals surface area contributed by atoms with Gasteiger partial charge in [-0.1, -0.05) is 53.5 Å². The van der Waals surface area contributed by atoms with E-state index >= 15 is 0 Å². The van der Waals surface area contributed by atoms with E-state index in [2.05, 4.69) is 5.32 Å². The third-order valence-corrected chi connectivity index (χ3v) is 4.40. The lowest BCUT2D eigenvalue weighted by molar-refractivity contribution is -0.112. The normalized spacial score (nSPS) is 10.9. The monoisotopic (exact) mass is 422 g/mol. The summed E-state index contributed by atoms with van der Waals surface area (Å²) < 4.78 is 5.73. The van der Waals surface area contributed by atoms with Crippen LogP contribution in [0.2, 0.25) is 10.0 Å². The molecule has 3 aromatic carbocycles. The number of anilines is 1. The highest BCUT2D eigenvalue weighted by atomic mass is 35.5. The van der Waals surface area contributed by atoms with E-state index in [1.54, 1.807) is 48.5 Å². The van der Waals surface area contributed by atoms with Gasteiger partial charge in [-0.15, -0.1) is 0 Å². The van der Waals surface area contributed by atoms with Crippen LogP contribution in [0.25, 0.3) is 6.08 Å². The van der Waals surface area contributed by atoms with Gasteiger partial charge in [0.15, 0.2) is 0 Å². The minimum absolute atomic E-state index is 0.0161. The lowest BCUT2D eigenvalue weighted by Crippen LogP contribution is -2.13. The van der Waals surface area contributed by atoms with Crippen molar-refractivity contribution >= 4 is 40.9 Å². The second-order valence-corrected chi connectivity index (χ2v) is 6.99. The molecule has 1 amide bonds. The molecule has 0 saturated carbocycles. The first-order valence-corrected chi connectivity index (χ1v) is 9.45. The number of benzene rings is 3. The number of halogens is 2. The predicted octanol–water partition coefficient (Wildman–Crippen LogP) is 6.12. The first kappa shape index (κ1) is 20.5. The molecular formula is C23H16Cl2N2O2. The summed E-state index contributed by atoms with van der Waals surface area (Å²) in [6.45, 7) is 0.390. The molecule has 0 aliphatic heterocycles. The lowest BCUT2D eigenvalue weighted by atomic mass is 10.1. The van der Waals surface area contributed by atoms with Crippen LogP contribution in [0.5, 0.6) is 5.75 Å². The van der Waals surface area contributed by atoms with Crippen LogP contribution in [-0.2, 0) is 11.4 Å². The SMILES string of the molecule is N#C/C(=C\c1ccc(OCc2cccc(Cl)c2)cc1)C(=O)Nc1cccc(Cl)c1. The highest BCUT2D eigenvalue weighted by Crippen LogP contribution is 2.19. The summed E-state index contributed by atoms with van der Waals surface area (Å²) in [5.41, 5.74) is 2.18. The topological polar surface area (TPSA) is 62.1 Å². The van der Waals surface area contributed by atoms with Gasteiger partial charge in [0.05, 0.1) is 0 Å². The molecule has 0 radical (unpaired) electrons. The molecule has 0 spiro atoms. The van der Waals surface area contributed by atoms with Gasteiger partial charge in [0, 0.05) is 15.7 Å². The lowest BCUT2D eigenvalue weighted by Gasteiger charge is -2.07. The molecule has 0 bridgehead atoms. The fourth-order valence-electron chi connectivity index (χ4n) is 2.53. The van der Waals surface area contributed by atoms with Crippen LogP contribution in [0.1, 0.15) is 11.1 Å². The number of hydrogen-bond acceptors (Lipinski definition) is 3. The van der Waals surface area contributed by atoms with E-state index in [0.29, 0.717) is 33.7 Å². The number of nitrogens with one attached hydrogen (secondary N) is 1. The summed E-state index contributed by atoms with van der Waals surface area (Å²) in [7, 11) is 0. The Morgan fingerprint density at radius 2 is 1.69 bits per heavy atom. The standard InChI is InChI=1S/C23H16Cl2N2O2/c24-19-4-1-3-17(12-19)15-29-22-9-7-16(8-10-22)11-18(14-26)23(28)27-21-6-2-5-20(25)13-21/h1-13H,15H2,(H,27,28)/b18-11+. The fourth-order valence-corrected chi connectivity index (χ4v) is 2.94. The number of carbonyl (C=O) groups excluding carboxylic acids is 1. The Labute approximate surface area is 179 Å². The van der Waals surface area contributed by atoms with Gasteiger partial charge in [0.2, 0.25) is 0 Å². The first-order valence-electron chi connectivity index (χ1n) is 8.69. The Morgan fingerprint density at radius 3 is 2.34 bits per heavy atom. The van der Waals surface area contributed by atoms with Crippen LogP contribution in [0, 0.1) is 11.3 Å². The third-order valence-electron chi connectivity index (χ3n) is 3.93. The minimum atomic E-state index is -0.504.